The number of thiophene rings is 1. The number of nitrogens with zero attached hydrogens (tertiary/aromatic N) is 4. The first kappa shape index (κ1) is 23.0. The molecule has 0 saturated carbocycles. The van der Waals surface area contributed by atoms with Crippen molar-refractivity contribution in [1.82, 2.24) is 19.3 Å². The molecule has 10 heteroatoms. The number of sulfone groups is 1. The predicted molar refractivity (Wildman–Crippen MR) is 129 cm³/mol. The first-order valence-corrected chi connectivity index (χ1v) is 14.1. The minimum Gasteiger partial charge on any atom is -0.343 e. The topological polar surface area (TPSA) is 86.8 Å². The third-order valence-electron chi connectivity index (χ3n) is 5.76. The van der Waals surface area contributed by atoms with E-state index in [4.69, 9.17) is 0 Å². The SMILES string of the molecule is C=CCn1c(SCC(=O)c2cc(C)n(Cc3cccs3)c2C)nnc1[C@H]1CCS(=O)(=O)C1. The van der Waals surface area contributed by atoms with Crippen molar-refractivity contribution in [3.8, 4) is 0 Å². The van der Waals surface area contributed by atoms with Gasteiger partial charge in [0, 0.05) is 34.3 Å². The molecule has 1 aliphatic rings. The van der Waals surface area contributed by atoms with Crippen molar-refractivity contribution in [2.75, 3.05) is 17.3 Å². The highest BCUT2D eigenvalue weighted by Gasteiger charge is 2.33. The van der Waals surface area contributed by atoms with Crippen LogP contribution in [0.3, 0.4) is 0 Å². The lowest BCUT2D eigenvalue weighted by Crippen LogP contribution is -2.12. The molecule has 1 aliphatic heterocycles. The summed E-state index contributed by atoms with van der Waals surface area (Å²) in [5, 5.41) is 11.2. The number of aromatic nitrogens is 4. The molecule has 3 aromatic rings. The van der Waals surface area contributed by atoms with Crippen LogP contribution in [0.4, 0.5) is 0 Å². The van der Waals surface area contributed by atoms with Crippen molar-refractivity contribution in [2.24, 2.45) is 0 Å². The Balaban J connectivity index is 1.49. The van der Waals surface area contributed by atoms with E-state index in [1.165, 1.54) is 16.6 Å². The van der Waals surface area contributed by atoms with Crippen LogP contribution in [0.15, 0.2) is 41.4 Å². The van der Waals surface area contributed by atoms with Gasteiger partial charge in [0.2, 0.25) is 0 Å². The molecular formula is C22H26N4O3S3. The molecule has 3 aromatic heterocycles. The molecule has 1 fully saturated rings. The summed E-state index contributed by atoms with van der Waals surface area (Å²) >= 11 is 3.04. The molecular weight excluding hydrogens is 464 g/mol. The molecule has 0 radical (unpaired) electrons. The van der Waals surface area contributed by atoms with E-state index >= 15 is 0 Å². The van der Waals surface area contributed by atoms with Crippen LogP contribution < -0.4 is 0 Å². The number of Topliss-reactive ketones (excluding diaryl/α,β-unsaturated/α-hetero) is 1. The lowest BCUT2D eigenvalue weighted by Gasteiger charge is -2.11. The summed E-state index contributed by atoms with van der Waals surface area (Å²) in [5.74, 6) is 1.06. The van der Waals surface area contributed by atoms with Gasteiger partial charge in [0.1, 0.15) is 5.82 Å². The quantitative estimate of drug-likeness (QED) is 0.257. The number of thioether (sulfide) groups is 1. The Labute approximate surface area is 196 Å². The van der Waals surface area contributed by atoms with E-state index in [0.717, 1.165) is 23.5 Å². The summed E-state index contributed by atoms with van der Waals surface area (Å²) in [7, 11) is -3.02. The van der Waals surface area contributed by atoms with Gasteiger partial charge in [-0.1, -0.05) is 23.9 Å². The molecule has 0 aromatic carbocycles. The summed E-state index contributed by atoms with van der Waals surface area (Å²) in [6.07, 6.45) is 2.29. The fourth-order valence-corrected chi connectivity index (χ4v) is 7.37. The third kappa shape index (κ3) is 4.77. The molecule has 0 bridgehead atoms. The Hall–Kier alpha value is -2.17. The number of allylic oxidation sites excluding steroid dienone is 1. The Morgan fingerprint density at radius 2 is 2.16 bits per heavy atom. The molecule has 0 amide bonds. The zero-order valence-corrected chi connectivity index (χ0v) is 20.6. The van der Waals surface area contributed by atoms with Crippen LogP contribution in [0.25, 0.3) is 0 Å². The van der Waals surface area contributed by atoms with Crippen LogP contribution in [-0.4, -0.2) is 50.8 Å². The molecule has 1 atom stereocenters. The van der Waals surface area contributed by atoms with E-state index in [1.54, 1.807) is 17.4 Å². The normalized spacial score (nSPS) is 17.6. The molecule has 7 nitrogen and oxygen atoms in total. The molecule has 32 heavy (non-hydrogen) atoms. The second-order valence-corrected chi connectivity index (χ2v) is 12.2. The minimum absolute atomic E-state index is 0.0404. The maximum Gasteiger partial charge on any atom is 0.191 e. The Morgan fingerprint density at radius 1 is 1.34 bits per heavy atom. The van der Waals surface area contributed by atoms with Crippen molar-refractivity contribution in [2.45, 2.75) is 44.4 Å². The van der Waals surface area contributed by atoms with Crippen molar-refractivity contribution in [3.05, 3.63) is 63.9 Å². The molecule has 0 aliphatic carbocycles. The highest BCUT2D eigenvalue weighted by molar-refractivity contribution is 7.99. The number of hydrogen-bond acceptors (Lipinski definition) is 7. The second kappa shape index (κ2) is 9.36. The van der Waals surface area contributed by atoms with Crippen molar-refractivity contribution < 1.29 is 13.2 Å². The fourth-order valence-electron chi connectivity index (χ4n) is 4.10. The first-order chi connectivity index (χ1) is 15.3. The standard InChI is InChI=1S/C22H26N4O3S3/c1-4-8-25-21(17-7-10-32(28,29)14-17)23-24-22(25)31-13-20(27)19-11-15(2)26(16(19)3)12-18-6-5-9-30-18/h4-6,9,11,17H,1,7-8,10,12-14H2,2-3H3/t17-/m0/s1. The number of hydrogen-bond donors (Lipinski definition) is 0. The van der Waals surface area contributed by atoms with E-state index in [9.17, 15) is 13.2 Å². The number of aryl methyl sites for hydroxylation is 1. The van der Waals surface area contributed by atoms with Crippen LogP contribution in [0, 0.1) is 13.8 Å². The Bertz CT molecular complexity index is 1240. The van der Waals surface area contributed by atoms with E-state index in [-0.39, 0.29) is 29.0 Å². The zero-order chi connectivity index (χ0) is 22.9. The van der Waals surface area contributed by atoms with Gasteiger partial charge in [0.05, 0.1) is 23.8 Å². The number of rotatable bonds is 9. The minimum atomic E-state index is -3.02. The largest absolute Gasteiger partial charge is 0.343 e. The van der Waals surface area contributed by atoms with Gasteiger partial charge in [-0.05, 0) is 37.8 Å². The summed E-state index contributed by atoms with van der Waals surface area (Å²) in [5.41, 5.74) is 2.75. The van der Waals surface area contributed by atoms with Gasteiger partial charge in [-0.3, -0.25) is 4.79 Å². The van der Waals surface area contributed by atoms with Crippen LogP contribution >= 0.6 is 23.1 Å². The zero-order valence-electron chi connectivity index (χ0n) is 18.2. The van der Waals surface area contributed by atoms with Crippen molar-refractivity contribution in [3.63, 3.8) is 0 Å². The van der Waals surface area contributed by atoms with Crippen LogP contribution in [0.5, 0.6) is 0 Å². The predicted octanol–water partition coefficient (Wildman–Crippen LogP) is 3.87. The van der Waals surface area contributed by atoms with Gasteiger partial charge in [-0.15, -0.1) is 28.1 Å². The Kier molecular flexibility index (Phi) is 6.73. The highest BCUT2D eigenvalue weighted by Crippen LogP contribution is 2.30. The average molecular weight is 491 g/mol. The smallest absolute Gasteiger partial charge is 0.191 e. The highest BCUT2D eigenvalue weighted by atomic mass is 32.2. The monoisotopic (exact) mass is 490 g/mol. The van der Waals surface area contributed by atoms with Crippen LogP contribution in [0.2, 0.25) is 0 Å². The summed E-state index contributed by atoms with van der Waals surface area (Å²) in [6, 6.07) is 6.08. The number of carbonyl (C=O) groups is 1. The van der Waals surface area contributed by atoms with Crippen molar-refractivity contribution >= 4 is 38.7 Å². The number of carbonyl (C=O) groups excluding carboxylic acids is 1. The number of ketones is 1. The molecule has 0 unspecified atom stereocenters. The van der Waals surface area contributed by atoms with Gasteiger partial charge in [-0.2, -0.15) is 0 Å². The van der Waals surface area contributed by atoms with Gasteiger partial charge in [0.15, 0.2) is 20.8 Å². The van der Waals surface area contributed by atoms with Gasteiger partial charge < -0.3 is 9.13 Å². The lowest BCUT2D eigenvalue weighted by atomic mass is 10.1. The lowest BCUT2D eigenvalue weighted by molar-refractivity contribution is 0.102. The summed E-state index contributed by atoms with van der Waals surface area (Å²) in [6.45, 7) is 9.04. The van der Waals surface area contributed by atoms with Crippen LogP contribution in [-0.2, 0) is 22.9 Å². The van der Waals surface area contributed by atoms with E-state index in [2.05, 4.69) is 32.8 Å². The summed E-state index contributed by atoms with van der Waals surface area (Å²) in [4.78, 5) is 14.3. The van der Waals surface area contributed by atoms with Crippen molar-refractivity contribution in [1.29, 1.82) is 0 Å². The van der Waals surface area contributed by atoms with E-state index in [1.807, 2.05) is 30.5 Å². The molecule has 4 heterocycles. The maximum absolute atomic E-state index is 13.0. The molecule has 1 saturated heterocycles. The fraction of sp³-hybridized carbons (Fsp3) is 0.409. The second-order valence-electron chi connectivity index (χ2n) is 8.00. The third-order valence-corrected chi connectivity index (χ3v) is 9.35. The molecule has 0 N–H and O–H groups in total. The molecule has 170 valence electrons. The Morgan fingerprint density at radius 3 is 2.81 bits per heavy atom. The molecule has 4 rings (SSSR count). The van der Waals surface area contributed by atoms with E-state index in [0.29, 0.717) is 23.9 Å². The average Bonchev–Trinajstić information content (AvgIpc) is 3.52. The van der Waals surface area contributed by atoms with Gasteiger partial charge >= 0.3 is 0 Å². The first-order valence-electron chi connectivity index (χ1n) is 10.4. The van der Waals surface area contributed by atoms with Gasteiger partial charge in [0.25, 0.3) is 0 Å². The maximum atomic E-state index is 13.0. The van der Waals surface area contributed by atoms with Gasteiger partial charge in [-0.25, -0.2) is 8.42 Å². The van der Waals surface area contributed by atoms with E-state index < -0.39 is 9.84 Å². The summed E-state index contributed by atoms with van der Waals surface area (Å²) < 4.78 is 27.8. The van der Waals surface area contributed by atoms with Crippen LogP contribution in [0.1, 0.15) is 44.8 Å². The molecule has 0 spiro atoms.